The van der Waals surface area contributed by atoms with Crippen molar-refractivity contribution >= 4 is 0 Å². The highest BCUT2D eigenvalue weighted by molar-refractivity contribution is 5.27. The van der Waals surface area contributed by atoms with Gasteiger partial charge in [-0.25, -0.2) is 0 Å². The molecule has 118 valence electrons. The molecule has 1 aliphatic rings. The molecule has 0 spiro atoms. The second kappa shape index (κ2) is 9.09. The fourth-order valence-corrected chi connectivity index (χ4v) is 3.43. The predicted octanol–water partition coefficient (Wildman–Crippen LogP) is 4.58. The summed E-state index contributed by atoms with van der Waals surface area (Å²) in [4.78, 5) is 0. The van der Waals surface area contributed by atoms with Crippen molar-refractivity contribution in [3.63, 3.8) is 0 Å². The number of nitrogens with one attached hydrogen (secondary N) is 1. The third-order valence-electron chi connectivity index (χ3n) is 4.72. The van der Waals surface area contributed by atoms with Crippen LogP contribution in [0.3, 0.4) is 0 Å². The van der Waals surface area contributed by atoms with Crippen molar-refractivity contribution < 1.29 is 4.74 Å². The minimum absolute atomic E-state index is 0.690. The van der Waals surface area contributed by atoms with Gasteiger partial charge in [0.15, 0.2) is 0 Å². The van der Waals surface area contributed by atoms with Crippen LogP contribution >= 0.6 is 0 Å². The van der Waals surface area contributed by atoms with Crippen LogP contribution in [0.1, 0.15) is 57.4 Å². The molecule has 0 heterocycles. The predicted molar refractivity (Wildman–Crippen MR) is 90.0 cm³/mol. The van der Waals surface area contributed by atoms with E-state index in [4.69, 9.17) is 4.74 Å². The van der Waals surface area contributed by atoms with E-state index in [1.165, 1.54) is 50.5 Å². The molecule has 21 heavy (non-hydrogen) atoms. The average molecular weight is 289 g/mol. The van der Waals surface area contributed by atoms with Gasteiger partial charge in [-0.3, -0.25) is 0 Å². The van der Waals surface area contributed by atoms with Gasteiger partial charge in [0.2, 0.25) is 0 Å². The summed E-state index contributed by atoms with van der Waals surface area (Å²) < 4.78 is 5.22. The Morgan fingerprint density at radius 3 is 2.52 bits per heavy atom. The fourth-order valence-electron chi connectivity index (χ4n) is 3.43. The summed E-state index contributed by atoms with van der Waals surface area (Å²) in [5, 5.41) is 3.76. The molecule has 1 unspecified atom stereocenters. The van der Waals surface area contributed by atoms with Crippen LogP contribution in [0.25, 0.3) is 0 Å². The third-order valence-corrected chi connectivity index (χ3v) is 4.72. The maximum absolute atomic E-state index is 5.22. The number of aryl methyl sites for hydroxylation is 1. The summed E-state index contributed by atoms with van der Waals surface area (Å²) in [5.41, 5.74) is 1.42. The highest BCUT2D eigenvalue weighted by atomic mass is 16.5. The van der Waals surface area contributed by atoms with Gasteiger partial charge in [-0.2, -0.15) is 0 Å². The third kappa shape index (κ3) is 5.70. The van der Waals surface area contributed by atoms with Gasteiger partial charge < -0.3 is 10.1 Å². The lowest BCUT2D eigenvalue weighted by Gasteiger charge is -2.22. The van der Waals surface area contributed by atoms with Gasteiger partial charge >= 0.3 is 0 Å². The Hall–Kier alpha value is -1.02. The molecule has 0 amide bonds. The van der Waals surface area contributed by atoms with Gasteiger partial charge in [0.1, 0.15) is 5.75 Å². The van der Waals surface area contributed by atoms with Crippen LogP contribution < -0.4 is 10.1 Å². The first-order chi connectivity index (χ1) is 10.3. The molecule has 0 aliphatic heterocycles. The molecule has 0 radical (unpaired) electrons. The lowest BCUT2D eigenvalue weighted by molar-refractivity contribution is 0.371. The quantitative estimate of drug-likeness (QED) is 0.718. The summed E-state index contributed by atoms with van der Waals surface area (Å²) >= 11 is 0. The van der Waals surface area contributed by atoms with Gasteiger partial charge in [0.05, 0.1) is 7.11 Å². The molecular formula is C19H31NO. The van der Waals surface area contributed by atoms with E-state index >= 15 is 0 Å². The maximum atomic E-state index is 5.22. The second-order valence-electron chi connectivity index (χ2n) is 6.42. The Morgan fingerprint density at radius 1 is 1.19 bits per heavy atom. The number of rotatable bonds is 9. The van der Waals surface area contributed by atoms with Gasteiger partial charge in [-0.1, -0.05) is 44.7 Å². The lowest BCUT2D eigenvalue weighted by Crippen LogP contribution is -2.32. The number of methoxy groups -OCH3 is 1. The molecule has 1 aromatic rings. The van der Waals surface area contributed by atoms with E-state index in [-0.39, 0.29) is 0 Å². The van der Waals surface area contributed by atoms with E-state index in [0.29, 0.717) is 6.04 Å². The molecule has 2 rings (SSSR count). The summed E-state index contributed by atoms with van der Waals surface area (Å²) in [6.07, 6.45) is 10.8. The highest BCUT2D eigenvalue weighted by Crippen LogP contribution is 2.29. The van der Waals surface area contributed by atoms with E-state index in [0.717, 1.165) is 24.6 Å². The zero-order chi connectivity index (χ0) is 14.9. The Morgan fingerprint density at radius 2 is 1.90 bits per heavy atom. The van der Waals surface area contributed by atoms with Gasteiger partial charge in [0, 0.05) is 6.04 Å². The number of ether oxygens (including phenoxy) is 1. The second-order valence-corrected chi connectivity index (χ2v) is 6.42. The highest BCUT2D eigenvalue weighted by Gasteiger charge is 2.19. The molecule has 1 aliphatic carbocycles. The van der Waals surface area contributed by atoms with E-state index in [1.54, 1.807) is 7.11 Å². The van der Waals surface area contributed by atoms with Gasteiger partial charge in [-0.05, 0) is 55.8 Å². The fraction of sp³-hybridized carbons (Fsp3) is 0.684. The average Bonchev–Trinajstić information content (AvgIpc) is 3.03. The minimum atomic E-state index is 0.690. The number of hydrogen-bond acceptors (Lipinski definition) is 2. The summed E-state index contributed by atoms with van der Waals surface area (Å²) in [7, 11) is 1.72. The number of hydrogen-bond donors (Lipinski definition) is 1. The van der Waals surface area contributed by atoms with Crippen molar-refractivity contribution in [2.45, 2.75) is 64.3 Å². The lowest BCUT2D eigenvalue weighted by atomic mass is 9.94. The Bertz CT molecular complexity index is 381. The number of benzene rings is 1. The largest absolute Gasteiger partial charge is 0.497 e. The summed E-state index contributed by atoms with van der Waals surface area (Å²) in [5.74, 6) is 1.92. The first-order valence-electron chi connectivity index (χ1n) is 8.68. The van der Waals surface area contributed by atoms with Crippen molar-refractivity contribution in [1.82, 2.24) is 5.32 Å². The molecule has 2 heteroatoms. The Labute approximate surface area is 130 Å². The zero-order valence-corrected chi connectivity index (χ0v) is 13.7. The molecule has 1 N–H and O–H groups in total. The Balaban J connectivity index is 1.81. The van der Waals surface area contributed by atoms with Crippen LogP contribution in [0.4, 0.5) is 0 Å². The van der Waals surface area contributed by atoms with Crippen LogP contribution in [0.15, 0.2) is 24.3 Å². The van der Waals surface area contributed by atoms with E-state index in [9.17, 15) is 0 Å². The van der Waals surface area contributed by atoms with Crippen LogP contribution in [0.5, 0.6) is 5.75 Å². The maximum Gasteiger partial charge on any atom is 0.118 e. The molecule has 1 saturated carbocycles. The monoisotopic (exact) mass is 289 g/mol. The molecule has 0 saturated heterocycles. The Kier molecular flexibility index (Phi) is 7.08. The summed E-state index contributed by atoms with van der Waals surface area (Å²) in [6, 6.07) is 9.23. The van der Waals surface area contributed by atoms with E-state index in [2.05, 4.69) is 36.5 Å². The van der Waals surface area contributed by atoms with E-state index in [1.807, 2.05) is 0 Å². The first-order valence-corrected chi connectivity index (χ1v) is 8.68. The molecule has 1 fully saturated rings. The van der Waals surface area contributed by atoms with Crippen LogP contribution in [-0.4, -0.2) is 19.7 Å². The van der Waals surface area contributed by atoms with Crippen molar-refractivity contribution in [2.24, 2.45) is 5.92 Å². The van der Waals surface area contributed by atoms with Crippen molar-refractivity contribution in [3.05, 3.63) is 29.8 Å². The SMILES string of the molecule is CCCNC(CCc1ccc(OC)cc1)CC1CCCC1. The molecular weight excluding hydrogens is 258 g/mol. The molecule has 1 atom stereocenters. The summed E-state index contributed by atoms with van der Waals surface area (Å²) in [6.45, 7) is 3.41. The van der Waals surface area contributed by atoms with Gasteiger partial charge in [-0.15, -0.1) is 0 Å². The smallest absolute Gasteiger partial charge is 0.118 e. The molecule has 2 nitrogen and oxygen atoms in total. The van der Waals surface area contributed by atoms with Crippen LogP contribution in [0, 0.1) is 5.92 Å². The molecule has 0 aromatic heterocycles. The van der Waals surface area contributed by atoms with Crippen LogP contribution in [0.2, 0.25) is 0 Å². The standard InChI is InChI=1S/C19H31NO/c1-3-14-20-18(15-17-6-4-5-7-17)11-8-16-9-12-19(21-2)13-10-16/h9-10,12-13,17-18,20H,3-8,11,14-15H2,1-2H3. The van der Waals surface area contributed by atoms with Gasteiger partial charge in [0.25, 0.3) is 0 Å². The zero-order valence-electron chi connectivity index (χ0n) is 13.7. The van der Waals surface area contributed by atoms with Crippen LogP contribution in [-0.2, 0) is 6.42 Å². The van der Waals surface area contributed by atoms with Crippen molar-refractivity contribution in [1.29, 1.82) is 0 Å². The molecule has 0 bridgehead atoms. The molecule has 1 aromatic carbocycles. The van der Waals surface area contributed by atoms with Crippen molar-refractivity contribution in [3.8, 4) is 5.75 Å². The van der Waals surface area contributed by atoms with E-state index < -0.39 is 0 Å². The topological polar surface area (TPSA) is 21.3 Å². The minimum Gasteiger partial charge on any atom is -0.497 e. The normalized spacial score (nSPS) is 17.0. The van der Waals surface area contributed by atoms with Crippen molar-refractivity contribution in [2.75, 3.05) is 13.7 Å². The first kappa shape index (κ1) is 16.4.